The lowest BCUT2D eigenvalue weighted by Gasteiger charge is -1.98. The van der Waals surface area contributed by atoms with Gasteiger partial charge in [-0.25, -0.2) is 4.79 Å². The molecular weight excluding hydrogens is 236 g/mol. The molecule has 1 aromatic heterocycles. The minimum atomic E-state index is -0.959. The van der Waals surface area contributed by atoms with E-state index in [1.807, 2.05) is 0 Å². The lowest BCUT2D eigenvalue weighted by Crippen LogP contribution is -1.97. The molecule has 0 spiro atoms. The van der Waals surface area contributed by atoms with Crippen molar-refractivity contribution in [2.45, 2.75) is 0 Å². The average Bonchev–Trinajstić information content (AvgIpc) is 2.50. The van der Waals surface area contributed by atoms with Crippen molar-refractivity contribution in [2.75, 3.05) is 0 Å². The largest absolute Gasteiger partial charge is 0.478 e. The van der Waals surface area contributed by atoms with E-state index in [9.17, 15) is 4.79 Å². The predicted molar refractivity (Wildman–Crippen MR) is 50.8 cm³/mol. The number of hydrogen-bond donors (Lipinski definition) is 2. The molecule has 0 saturated heterocycles. The molecule has 0 aliphatic heterocycles. The van der Waals surface area contributed by atoms with E-state index < -0.39 is 5.97 Å². The van der Waals surface area contributed by atoms with Crippen LogP contribution in [0.15, 0.2) is 22.8 Å². The van der Waals surface area contributed by atoms with Crippen molar-refractivity contribution in [1.82, 2.24) is 10.2 Å². The maximum atomic E-state index is 10.9. The number of benzene rings is 1. The molecule has 2 rings (SSSR count). The van der Waals surface area contributed by atoms with Gasteiger partial charge in [0.2, 0.25) is 0 Å². The molecule has 0 amide bonds. The molecule has 0 fully saturated rings. The van der Waals surface area contributed by atoms with Crippen LogP contribution in [-0.2, 0) is 0 Å². The van der Waals surface area contributed by atoms with Crippen LogP contribution in [0.4, 0.5) is 0 Å². The fourth-order valence-corrected chi connectivity index (χ4v) is 1.72. The van der Waals surface area contributed by atoms with E-state index in [0.29, 0.717) is 9.86 Å². The van der Waals surface area contributed by atoms with E-state index in [4.69, 9.17) is 5.11 Å². The maximum absolute atomic E-state index is 10.9. The third kappa shape index (κ3) is 1.21. The Kier molecular flexibility index (Phi) is 1.81. The molecule has 2 aromatic rings. The van der Waals surface area contributed by atoms with Crippen LogP contribution in [0.5, 0.6) is 0 Å². The molecule has 0 aliphatic carbocycles. The third-order valence-corrected chi connectivity index (χ3v) is 2.45. The highest BCUT2D eigenvalue weighted by Gasteiger charge is 2.13. The van der Waals surface area contributed by atoms with Gasteiger partial charge in [0.05, 0.1) is 17.3 Å². The van der Waals surface area contributed by atoms with Crippen LogP contribution in [0, 0.1) is 0 Å². The van der Waals surface area contributed by atoms with Crippen molar-refractivity contribution >= 4 is 32.8 Å². The van der Waals surface area contributed by atoms with E-state index in [0.717, 1.165) is 5.52 Å². The maximum Gasteiger partial charge on any atom is 0.337 e. The summed E-state index contributed by atoms with van der Waals surface area (Å²) in [6.07, 6.45) is 1.50. The monoisotopic (exact) mass is 240 g/mol. The molecule has 1 aromatic carbocycles. The second kappa shape index (κ2) is 2.85. The number of carboxylic acid groups (broad SMARTS) is 1. The van der Waals surface area contributed by atoms with Gasteiger partial charge in [-0.15, -0.1) is 0 Å². The lowest BCUT2D eigenvalue weighted by atomic mass is 10.1. The highest BCUT2D eigenvalue weighted by Crippen LogP contribution is 2.24. The molecule has 4 nitrogen and oxygen atoms in total. The van der Waals surface area contributed by atoms with E-state index in [1.165, 1.54) is 6.20 Å². The van der Waals surface area contributed by atoms with Gasteiger partial charge in [-0.3, -0.25) is 5.10 Å². The van der Waals surface area contributed by atoms with Crippen LogP contribution in [0.2, 0.25) is 0 Å². The number of carboxylic acids is 1. The summed E-state index contributed by atoms with van der Waals surface area (Å²) in [7, 11) is 0. The van der Waals surface area contributed by atoms with Gasteiger partial charge in [0, 0.05) is 9.86 Å². The summed E-state index contributed by atoms with van der Waals surface area (Å²) in [5, 5.41) is 16.0. The van der Waals surface area contributed by atoms with Crippen LogP contribution >= 0.6 is 15.9 Å². The molecule has 0 radical (unpaired) electrons. The number of carbonyl (C=O) groups is 1. The number of aromatic carboxylic acids is 1. The van der Waals surface area contributed by atoms with Crippen molar-refractivity contribution in [3.05, 3.63) is 28.4 Å². The molecule has 0 atom stereocenters. The van der Waals surface area contributed by atoms with Gasteiger partial charge >= 0.3 is 5.97 Å². The highest BCUT2D eigenvalue weighted by molar-refractivity contribution is 9.10. The molecular formula is C8H5BrN2O2. The molecule has 0 aliphatic rings. The third-order valence-electron chi connectivity index (χ3n) is 1.79. The zero-order chi connectivity index (χ0) is 9.42. The van der Waals surface area contributed by atoms with Crippen LogP contribution < -0.4 is 0 Å². The second-order valence-corrected chi connectivity index (χ2v) is 3.41. The van der Waals surface area contributed by atoms with Gasteiger partial charge in [0.1, 0.15) is 0 Å². The Balaban J connectivity index is 2.88. The summed E-state index contributed by atoms with van der Waals surface area (Å²) >= 11 is 3.18. The standard InChI is InChI=1S/C8H5BrN2O2/c9-5-1-2-6-4(3-10-11-6)7(5)8(12)13/h1-3H,(H,10,11)(H,12,13). The van der Waals surface area contributed by atoms with E-state index in [1.54, 1.807) is 12.1 Å². The fraction of sp³-hybridized carbons (Fsp3) is 0. The normalized spacial score (nSPS) is 10.5. The Bertz CT molecular complexity index is 478. The number of rotatable bonds is 1. The summed E-state index contributed by atoms with van der Waals surface area (Å²) in [5.74, 6) is -0.959. The number of hydrogen-bond acceptors (Lipinski definition) is 2. The average molecular weight is 241 g/mol. The van der Waals surface area contributed by atoms with Crippen molar-refractivity contribution < 1.29 is 9.90 Å². The van der Waals surface area contributed by atoms with Crippen molar-refractivity contribution in [3.8, 4) is 0 Å². The predicted octanol–water partition coefficient (Wildman–Crippen LogP) is 2.02. The van der Waals surface area contributed by atoms with Gasteiger partial charge in [-0.2, -0.15) is 5.10 Å². The quantitative estimate of drug-likeness (QED) is 0.802. The van der Waals surface area contributed by atoms with Crippen molar-refractivity contribution in [1.29, 1.82) is 0 Å². The first-order valence-electron chi connectivity index (χ1n) is 3.55. The van der Waals surface area contributed by atoms with Crippen LogP contribution in [0.25, 0.3) is 10.9 Å². The molecule has 13 heavy (non-hydrogen) atoms. The van der Waals surface area contributed by atoms with Gasteiger partial charge < -0.3 is 5.11 Å². The Morgan fingerprint density at radius 1 is 1.54 bits per heavy atom. The molecule has 0 bridgehead atoms. The van der Waals surface area contributed by atoms with Gasteiger partial charge in [0.25, 0.3) is 0 Å². The zero-order valence-corrected chi connectivity index (χ0v) is 8.00. The van der Waals surface area contributed by atoms with Crippen LogP contribution in [-0.4, -0.2) is 21.3 Å². The number of halogens is 1. The van der Waals surface area contributed by atoms with E-state index in [2.05, 4.69) is 26.1 Å². The van der Waals surface area contributed by atoms with Crippen molar-refractivity contribution in [2.24, 2.45) is 0 Å². The number of fused-ring (bicyclic) bond motifs is 1. The Morgan fingerprint density at radius 2 is 2.31 bits per heavy atom. The molecule has 0 unspecified atom stereocenters. The Labute approximate surface area is 81.7 Å². The van der Waals surface area contributed by atoms with E-state index >= 15 is 0 Å². The lowest BCUT2D eigenvalue weighted by molar-refractivity contribution is 0.0698. The topological polar surface area (TPSA) is 66.0 Å². The highest BCUT2D eigenvalue weighted by atomic mass is 79.9. The first-order valence-corrected chi connectivity index (χ1v) is 4.34. The minimum absolute atomic E-state index is 0.242. The summed E-state index contributed by atoms with van der Waals surface area (Å²) in [6.45, 7) is 0. The first-order chi connectivity index (χ1) is 6.20. The molecule has 66 valence electrons. The SMILES string of the molecule is O=C(O)c1c(Br)ccc2[nH]ncc12. The van der Waals surface area contributed by atoms with Crippen LogP contribution in [0.3, 0.4) is 0 Å². The number of aromatic nitrogens is 2. The molecule has 5 heteroatoms. The zero-order valence-electron chi connectivity index (χ0n) is 6.41. The number of nitrogens with zero attached hydrogens (tertiary/aromatic N) is 1. The molecule has 2 N–H and O–H groups in total. The van der Waals surface area contributed by atoms with Gasteiger partial charge in [-0.1, -0.05) is 0 Å². The first kappa shape index (κ1) is 8.25. The number of nitrogens with one attached hydrogen (secondary N) is 1. The van der Waals surface area contributed by atoms with Crippen molar-refractivity contribution in [3.63, 3.8) is 0 Å². The summed E-state index contributed by atoms with van der Waals surface area (Å²) in [6, 6.07) is 3.46. The summed E-state index contributed by atoms with van der Waals surface area (Å²) in [4.78, 5) is 10.9. The van der Waals surface area contributed by atoms with Gasteiger partial charge in [-0.05, 0) is 28.1 Å². The summed E-state index contributed by atoms with van der Waals surface area (Å²) in [5.41, 5.74) is 0.965. The fourth-order valence-electron chi connectivity index (χ4n) is 1.21. The summed E-state index contributed by atoms with van der Waals surface area (Å²) < 4.78 is 0.564. The minimum Gasteiger partial charge on any atom is -0.478 e. The van der Waals surface area contributed by atoms with Crippen LogP contribution in [0.1, 0.15) is 10.4 Å². The number of aromatic amines is 1. The number of H-pyrrole nitrogens is 1. The van der Waals surface area contributed by atoms with Gasteiger partial charge in [0.15, 0.2) is 0 Å². The molecule has 0 saturated carbocycles. The van der Waals surface area contributed by atoms with E-state index in [-0.39, 0.29) is 5.56 Å². The second-order valence-electron chi connectivity index (χ2n) is 2.56. The Hall–Kier alpha value is -1.36. The Morgan fingerprint density at radius 3 is 3.00 bits per heavy atom. The smallest absolute Gasteiger partial charge is 0.337 e. The molecule has 1 heterocycles.